The SMILES string of the molecule is CN(C)CC1(CN=C(N)Nc2ccccc2OC(F)(F)F)CCCC1.I. The van der Waals surface area contributed by atoms with Gasteiger partial charge in [-0.3, -0.25) is 4.99 Å². The molecular weight excluding hydrogens is 460 g/mol. The number of alkyl halides is 3. The Morgan fingerprint density at radius 3 is 2.46 bits per heavy atom. The average Bonchev–Trinajstić information content (AvgIpc) is 2.94. The summed E-state index contributed by atoms with van der Waals surface area (Å²) in [4.78, 5) is 6.52. The molecule has 9 heteroatoms. The number of guanidine groups is 1. The fraction of sp³-hybridized carbons (Fsp3) is 0.588. The van der Waals surface area contributed by atoms with E-state index in [4.69, 9.17) is 5.73 Å². The first-order valence-electron chi connectivity index (χ1n) is 8.26. The number of hydrogen-bond acceptors (Lipinski definition) is 3. The van der Waals surface area contributed by atoms with Gasteiger partial charge in [0.1, 0.15) is 0 Å². The molecule has 26 heavy (non-hydrogen) atoms. The van der Waals surface area contributed by atoms with Gasteiger partial charge in [-0.1, -0.05) is 25.0 Å². The molecule has 3 N–H and O–H groups in total. The highest BCUT2D eigenvalue weighted by Crippen LogP contribution is 2.39. The lowest BCUT2D eigenvalue weighted by molar-refractivity contribution is -0.274. The first-order chi connectivity index (χ1) is 11.7. The summed E-state index contributed by atoms with van der Waals surface area (Å²) in [6, 6.07) is 5.76. The van der Waals surface area contributed by atoms with Crippen LogP contribution in [-0.4, -0.2) is 44.4 Å². The van der Waals surface area contributed by atoms with Gasteiger partial charge in [-0.05, 0) is 39.1 Å². The van der Waals surface area contributed by atoms with Gasteiger partial charge in [-0.2, -0.15) is 0 Å². The standard InChI is InChI=1S/C17H25F3N4O.HI/c1-24(2)12-16(9-5-6-10-16)11-22-15(21)23-13-7-3-4-8-14(13)25-17(18,19)20;/h3-4,7-8H,5-6,9-12H2,1-2H3,(H3,21,22,23);1H. The van der Waals surface area contributed by atoms with Gasteiger partial charge < -0.3 is 20.7 Å². The quantitative estimate of drug-likeness (QED) is 0.362. The second kappa shape index (κ2) is 9.63. The molecule has 1 aliphatic rings. The lowest BCUT2D eigenvalue weighted by Crippen LogP contribution is -2.35. The summed E-state index contributed by atoms with van der Waals surface area (Å²) in [5.41, 5.74) is 6.11. The molecular formula is C17H26F3IN4O. The number of nitrogens with zero attached hydrogens (tertiary/aromatic N) is 2. The van der Waals surface area contributed by atoms with Crippen molar-refractivity contribution in [3.05, 3.63) is 24.3 Å². The second-order valence-electron chi connectivity index (χ2n) is 6.82. The molecule has 1 aromatic rings. The Balaban J connectivity index is 0.00000338. The van der Waals surface area contributed by atoms with Crippen LogP contribution in [0.4, 0.5) is 18.9 Å². The van der Waals surface area contributed by atoms with E-state index in [9.17, 15) is 13.2 Å². The molecule has 1 aromatic carbocycles. The molecule has 0 bridgehead atoms. The summed E-state index contributed by atoms with van der Waals surface area (Å²) >= 11 is 0. The molecule has 1 aliphatic carbocycles. The zero-order valence-corrected chi connectivity index (χ0v) is 17.3. The van der Waals surface area contributed by atoms with Crippen LogP contribution < -0.4 is 15.8 Å². The number of aliphatic imine (C=N–C) groups is 1. The lowest BCUT2D eigenvalue weighted by atomic mass is 9.86. The zero-order chi connectivity index (χ0) is 18.5. The topological polar surface area (TPSA) is 62.9 Å². The van der Waals surface area contributed by atoms with Crippen LogP contribution in [0.1, 0.15) is 25.7 Å². The van der Waals surface area contributed by atoms with E-state index in [-0.39, 0.29) is 46.8 Å². The molecule has 0 atom stereocenters. The fourth-order valence-corrected chi connectivity index (χ4v) is 3.38. The molecule has 0 aromatic heterocycles. The normalized spacial score (nSPS) is 17.1. The minimum Gasteiger partial charge on any atom is -0.404 e. The number of rotatable bonds is 6. The lowest BCUT2D eigenvalue weighted by Gasteiger charge is -2.30. The van der Waals surface area contributed by atoms with Crippen molar-refractivity contribution >= 4 is 35.6 Å². The van der Waals surface area contributed by atoms with Crippen LogP contribution in [0, 0.1) is 5.41 Å². The number of para-hydroxylation sites is 2. The molecule has 2 rings (SSSR count). The molecule has 0 unspecified atom stereocenters. The highest BCUT2D eigenvalue weighted by Gasteiger charge is 2.34. The van der Waals surface area contributed by atoms with Gasteiger partial charge in [0.15, 0.2) is 11.7 Å². The summed E-state index contributed by atoms with van der Waals surface area (Å²) in [5, 5.41) is 2.72. The molecule has 0 amide bonds. The third kappa shape index (κ3) is 7.18. The Kier molecular flexibility index (Phi) is 8.45. The average molecular weight is 486 g/mol. The first kappa shape index (κ1) is 22.8. The van der Waals surface area contributed by atoms with Gasteiger partial charge in [-0.25, -0.2) is 0 Å². The van der Waals surface area contributed by atoms with E-state index in [2.05, 4.69) is 19.9 Å². The number of nitrogens with two attached hydrogens (primary N) is 1. The monoisotopic (exact) mass is 486 g/mol. The number of ether oxygens (including phenoxy) is 1. The van der Waals surface area contributed by atoms with E-state index >= 15 is 0 Å². The summed E-state index contributed by atoms with van der Waals surface area (Å²) < 4.78 is 41.4. The maximum absolute atomic E-state index is 12.5. The molecule has 0 saturated heterocycles. The minimum atomic E-state index is -4.76. The molecule has 1 fully saturated rings. The molecule has 1 saturated carbocycles. The zero-order valence-electron chi connectivity index (χ0n) is 15.0. The van der Waals surface area contributed by atoms with Crippen LogP contribution in [-0.2, 0) is 0 Å². The number of benzene rings is 1. The molecule has 0 spiro atoms. The molecule has 5 nitrogen and oxygen atoms in total. The number of anilines is 1. The maximum Gasteiger partial charge on any atom is 0.573 e. The van der Waals surface area contributed by atoms with Crippen LogP contribution in [0.25, 0.3) is 0 Å². The van der Waals surface area contributed by atoms with Crippen LogP contribution in [0.5, 0.6) is 5.75 Å². The van der Waals surface area contributed by atoms with Gasteiger partial charge in [0, 0.05) is 18.5 Å². The van der Waals surface area contributed by atoms with Gasteiger partial charge in [0.2, 0.25) is 0 Å². The van der Waals surface area contributed by atoms with Gasteiger partial charge in [0.25, 0.3) is 0 Å². The van der Waals surface area contributed by atoms with Crippen molar-refractivity contribution in [1.82, 2.24) is 4.90 Å². The van der Waals surface area contributed by atoms with Gasteiger partial charge in [0.05, 0.1) is 5.69 Å². The highest BCUT2D eigenvalue weighted by molar-refractivity contribution is 14.0. The van der Waals surface area contributed by atoms with Crippen LogP contribution in [0.15, 0.2) is 29.3 Å². The minimum absolute atomic E-state index is 0. The van der Waals surface area contributed by atoms with Crippen molar-refractivity contribution < 1.29 is 17.9 Å². The van der Waals surface area contributed by atoms with E-state index in [1.165, 1.54) is 31.0 Å². The van der Waals surface area contributed by atoms with E-state index < -0.39 is 6.36 Å². The molecule has 0 aliphatic heterocycles. The molecule has 0 heterocycles. The summed E-state index contributed by atoms with van der Waals surface area (Å²) in [6.45, 7) is 1.46. The van der Waals surface area contributed by atoms with Crippen molar-refractivity contribution in [2.75, 3.05) is 32.5 Å². The van der Waals surface area contributed by atoms with Crippen molar-refractivity contribution in [1.29, 1.82) is 0 Å². The first-order valence-corrected chi connectivity index (χ1v) is 8.26. The predicted octanol–water partition coefficient (Wildman–Crippen LogP) is 4.05. The Bertz CT molecular complexity index is 602. The molecule has 148 valence electrons. The van der Waals surface area contributed by atoms with Crippen molar-refractivity contribution in [3.63, 3.8) is 0 Å². The Morgan fingerprint density at radius 1 is 1.27 bits per heavy atom. The van der Waals surface area contributed by atoms with E-state index in [0.29, 0.717) is 6.54 Å². The second-order valence-corrected chi connectivity index (χ2v) is 6.82. The number of nitrogens with one attached hydrogen (secondary N) is 1. The summed E-state index contributed by atoms with van der Waals surface area (Å²) in [6.07, 6.45) is -0.271. The Morgan fingerprint density at radius 2 is 1.88 bits per heavy atom. The summed E-state index contributed by atoms with van der Waals surface area (Å²) in [5.74, 6) is -0.250. The van der Waals surface area contributed by atoms with E-state index in [1.807, 2.05) is 14.1 Å². The molecule has 0 radical (unpaired) electrons. The third-order valence-corrected chi connectivity index (χ3v) is 4.28. The van der Waals surface area contributed by atoms with Gasteiger partial charge >= 0.3 is 6.36 Å². The van der Waals surface area contributed by atoms with Crippen molar-refractivity contribution in [2.45, 2.75) is 32.0 Å². The van der Waals surface area contributed by atoms with Crippen LogP contribution >= 0.6 is 24.0 Å². The Labute approximate surface area is 169 Å². The van der Waals surface area contributed by atoms with Crippen LogP contribution in [0.2, 0.25) is 0 Å². The predicted molar refractivity (Wildman–Crippen MR) is 108 cm³/mol. The van der Waals surface area contributed by atoms with Gasteiger partial charge in [-0.15, -0.1) is 37.1 Å². The van der Waals surface area contributed by atoms with E-state index in [0.717, 1.165) is 19.4 Å². The van der Waals surface area contributed by atoms with Crippen LogP contribution in [0.3, 0.4) is 0 Å². The maximum atomic E-state index is 12.5. The number of hydrogen-bond donors (Lipinski definition) is 2. The van der Waals surface area contributed by atoms with Crippen molar-refractivity contribution in [2.24, 2.45) is 16.1 Å². The fourth-order valence-electron chi connectivity index (χ4n) is 3.38. The largest absolute Gasteiger partial charge is 0.573 e. The summed E-state index contributed by atoms with van der Waals surface area (Å²) in [7, 11) is 4.05. The third-order valence-electron chi connectivity index (χ3n) is 4.28. The highest BCUT2D eigenvalue weighted by atomic mass is 127. The smallest absolute Gasteiger partial charge is 0.404 e. The number of halogens is 4. The van der Waals surface area contributed by atoms with E-state index in [1.54, 1.807) is 6.07 Å². The Hall–Kier alpha value is -1.23. The van der Waals surface area contributed by atoms with Crippen molar-refractivity contribution in [3.8, 4) is 5.75 Å².